The smallest absolute Gasteiger partial charge is 0.342 e. The van der Waals surface area contributed by atoms with Crippen LogP contribution in [0.15, 0.2) is 52.5 Å². The van der Waals surface area contributed by atoms with E-state index in [2.05, 4.69) is 9.97 Å². The molecule has 1 heterocycles. The lowest BCUT2D eigenvalue weighted by molar-refractivity contribution is -0.131. The van der Waals surface area contributed by atoms with E-state index in [1.807, 2.05) is 38.1 Å². The van der Waals surface area contributed by atoms with E-state index >= 15 is 0 Å². The first-order chi connectivity index (χ1) is 13.1. The van der Waals surface area contributed by atoms with Gasteiger partial charge in [-0.1, -0.05) is 18.2 Å². The maximum atomic E-state index is 11.7. The molecule has 140 valence electrons. The van der Waals surface area contributed by atoms with Gasteiger partial charge in [-0.25, -0.2) is 9.78 Å². The van der Waals surface area contributed by atoms with E-state index < -0.39 is 5.97 Å². The number of fused-ring (bicyclic) bond motifs is 1. The van der Waals surface area contributed by atoms with Crippen LogP contribution in [0.2, 0.25) is 0 Å². The Morgan fingerprint density at radius 3 is 2.59 bits per heavy atom. The molecule has 3 rings (SSSR count). The zero-order valence-corrected chi connectivity index (χ0v) is 15.9. The van der Waals surface area contributed by atoms with Gasteiger partial charge in [0.1, 0.15) is 4.91 Å². The van der Waals surface area contributed by atoms with Gasteiger partial charge in [-0.05, 0) is 61.5 Å². The van der Waals surface area contributed by atoms with Crippen LogP contribution in [0.1, 0.15) is 19.4 Å². The summed E-state index contributed by atoms with van der Waals surface area (Å²) in [6, 6.07) is 12.9. The fourth-order valence-corrected chi connectivity index (χ4v) is 3.32. The number of imidazole rings is 1. The summed E-state index contributed by atoms with van der Waals surface area (Å²) in [5.74, 6) is 0.206. The van der Waals surface area contributed by atoms with E-state index in [1.54, 1.807) is 24.3 Å². The number of ether oxygens (including phenoxy) is 2. The highest BCUT2D eigenvalue weighted by Gasteiger charge is 2.14. The maximum Gasteiger partial charge on any atom is 0.342 e. The number of rotatable bonds is 8. The average Bonchev–Trinajstić information content (AvgIpc) is 3.06. The van der Waals surface area contributed by atoms with Crippen molar-refractivity contribution in [2.75, 3.05) is 13.2 Å². The second-order valence-corrected chi connectivity index (χ2v) is 6.58. The Hall–Kier alpha value is -2.93. The van der Waals surface area contributed by atoms with Crippen LogP contribution in [0, 0.1) is 0 Å². The van der Waals surface area contributed by atoms with Gasteiger partial charge in [-0.3, -0.25) is 0 Å². The lowest BCUT2D eigenvalue weighted by atomic mass is 10.2. The van der Waals surface area contributed by atoms with Crippen molar-refractivity contribution >= 4 is 34.8 Å². The Morgan fingerprint density at radius 2 is 1.89 bits per heavy atom. The Balaban J connectivity index is 1.90. The molecule has 0 atom stereocenters. The summed E-state index contributed by atoms with van der Waals surface area (Å²) in [6.45, 7) is 4.80. The normalized spacial score (nSPS) is 11.6. The number of nitrogens with one attached hydrogen (secondary N) is 1. The van der Waals surface area contributed by atoms with Crippen molar-refractivity contribution in [3.63, 3.8) is 0 Å². The summed E-state index contributed by atoms with van der Waals surface area (Å²) in [4.78, 5) is 19.4. The molecular weight excluding hydrogens is 364 g/mol. The van der Waals surface area contributed by atoms with Gasteiger partial charge < -0.3 is 19.6 Å². The molecule has 2 N–H and O–H groups in total. The molecule has 0 radical (unpaired) electrons. The summed E-state index contributed by atoms with van der Waals surface area (Å²) < 4.78 is 11.1. The van der Waals surface area contributed by atoms with Gasteiger partial charge in [0.15, 0.2) is 16.7 Å². The summed E-state index contributed by atoms with van der Waals surface area (Å²) >= 11 is 1.07. The van der Waals surface area contributed by atoms with Crippen LogP contribution in [0.3, 0.4) is 0 Å². The number of hydrogen-bond donors (Lipinski definition) is 2. The zero-order chi connectivity index (χ0) is 19.2. The number of thioether (sulfide) groups is 1. The molecule has 0 saturated heterocycles. The highest BCUT2D eigenvalue weighted by Crippen LogP contribution is 2.32. The zero-order valence-electron chi connectivity index (χ0n) is 15.1. The predicted molar refractivity (Wildman–Crippen MR) is 106 cm³/mol. The van der Waals surface area contributed by atoms with Crippen LogP contribution < -0.4 is 9.47 Å². The minimum absolute atomic E-state index is 0.153. The minimum atomic E-state index is -1.02. The van der Waals surface area contributed by atoms with Crippen molar-refractivity contribution in [3.8, 4) is 11.5 Å². The van der Waals surface area contributed by atoms with Crippen LogP contribution >= 0.6 is 11.8 Å². The molecule has 0 saturated carbocycles. The van der Waals surface area contributed by atoms with Crippen molar-refractivity contribution < 1.29 is 19.4 Å². The molecule has 3 aromatic rings. The molecule has 7 heteroatoms. The molecule has 0 amide bonds. The molecule has 0 aliphatic rings. The lowest BCUT2D eigenvalue weighted by Gasteiger charge is -2.11. The quantitative estimate of drug-likeness (QED) is 0.437. The number of aromatic amines is 1. The van der Waals surface area contributed by atoms with Crippen LogP contribution in [0.25, 0.3) is 17.1 Å². The van der Waals surface area contributed by atoms with E-state index in [-0.39, 0.29) is 4.91 Å². The summed E-state index contributed by atoms with van der Waals surface area (Å²) in [5.41, 5.74) is 2.37. The standard InChI is InChI=1S/C20H20N2O4S/c1-3-25-16-10-9-13(11-17(16)26-4-2)12-18(19(23)24)27-20-21-14-7-5-6-8-15(14)22-20/h5-12H,3-4H2,1-2H3,(H,21,22)(H,23,24)/b18-12-. The fourth-order valence-electron chi connectivity index (χ4n) is 2.53. The Kier molecular flexibility index (Phi) is 6.03. The lowest BCUT2D eigenvalue weighted by Crippen LogP contribution is -1.99. The number of carboxylic acid groups (broad SMARTS) is 1. The number of benzene rings is 2. The van der Waals surface area contributed by atoms with E-state index in [1.165, 1.54) is 0 Å². The molecule has 0 spiro atoms. The molecule has 27 heavy (non-hydrogen) atoms. The van der Waals surface area contributed by atoms with Crippen LogP contribution in [-0.2, 0) is 4.79 Å². The Morgan fingerprint density at radius 1 is 1.15 bits per heavy atom. The van der Waals surface area contributed by atoms with E-state index in [9.17, 15) is 9.90 Å². The SMILES string of the molecule is CCOc1ccc(/C=C(\Sc2nc3ccccc3[nH]2)C(=O)O)cc1OCC. The third-order valence-electron chi connectivity index (χ3n) is 3.65. The number of para-hydroxylation sites is 2. The number of aromatic nitrogens is 2. The van der Waals surface area contributed by atoms with Gasteiger partial charge in [0, 0.05) is 0 Å². The van der Waals surface area contributed by atoms with Crippen molar-refractivity contribution in [2.45, 2.75) is 19.0 Å². The van der Waals surface area contributed by atoms with Crippen molar-refractivity contribution in [1.29, 1.82) is 0 Å². The molecule has 0 aliphatic carbocycles. The molecule has 1 aromatic heterocycles. The average molecular weight is 384 g/mol. The topological polar surface area (TPSA) is 84.4 Å². The number of hydrogen-bond acceptors (Lipinski definition) is 5. The predicted octanol–water partition coefficient (Wildman–Crippen LogP) is 4.58. The van der Waals surface area contributed by atoms with Gasteiger partial charge in [-0.15, -0.1) is 0 Å². The van der Waals surface area contributed by atoms with Crippen molar-refractivity contribution in [3.05, 3.63) is 52.9 Å². The molecular formula is C20H20N2O4S. The van der Waals surface area contributed by atoms with Crippen molar-refractivity contribution in [1.82, 2.24) is 9.97 Å². The van der Waals surface area contributed by atoms with Gasteiger partial charge in [0.2, 0.25) is 0 Å². The molecule has 0 unspecified atom stereocenters. The number of carbonyl (C=O) groups is 1. The largest absolute Gasteiger partial charge is 0.490 e. The Labute approximate surface area is 161 Å². The van der Waals surface area contributed by atoms with E-state index in [0.717, 1.165) is 22.8 Å². The summed E-state index contributed by atoms with van der Waals surface area (Å²) in [5, 5.41) is 10.1. The summed E-state index contributed by atoms with van der Waals surface area (Å²) in [7, 11) is 0. The number of aliphatic carboxylic acids is 1. The van der Waals surface area contributed by atoms with Gasteiger partial charge in [0.05, 0.1) is 24.2 Å². The van der Waals surface area contributed by atoms with E-state index in [0.29, 0.717) is 35.4 Å². The highest BCUT2D eigenvalue weighted by atomic mass is 32.2. The molecule has 2 aromatic carbocycles. The van der Waals surface area contributed by atoms with Crippen LogP contribution in [0.4, 0.5) is 0 Å². The Bertz CT molecular complexity index is 948. The highest BCUT2D eigenvalue weighted by molar-refractivity contribution is 8.04. The number of H-pyrrole nitrogens is 1. The monoisotopic (exact) mass is 384 g/mol. The molecule has 0 bridgehead atoms. The van der Waals surface area contributed by atoms with E-state index in [4.69, 9.17) is 9.47 Å². The maximum absolute atomic E-state index is 11.7. The number of nitrogens with zero attached hydrogens (tertiary/aromatic N) is 1. The molecule has 0 aliphatic heterocycles. The third-order valence-corrected chi connectivity index (χ3v) is 4.55. The van der Waals surface area contributed by atoms with Gasteiger partial charge in [-0.2, -0.15) is 0 Å². The minimum Gasteiger partial charge on any atom is -0.490 e. The second-order valence-electron chi connectivity index (χ2n) is 5.55. The molecule has 6 nitrogen and oxygen atoms in total. The first-order valence-corrected chi connectivity index (χ1v) is 9.39. The van der Waals surface area contributed by atoms with Gasteiger partial charge in [0.25, 0.3) is 0 Å². The first-order valence-electron chi connectivity index (χ1n) is 8.58. The van der Waals surface area contributed by atoms with Crippen LogP contribution in [0.5, 0.6) is 11.5 Å². The summed E-state index contributed by atoms with van der Waals surface area (Å²) in [6.07, 6.45) is 1.60. The first kappa shape index (κ1) is 18.8. The third kappa shape index (κ3) is 4.62. The van der Waals surface area contributed by atoms with Crippen molar-refractivity contribution in [2.24, 2.45) is 0 Å². The van der Waals surface area contributed by atoms with Crippen LogP contribution in [-0.4, -0.2) is 34.3 Å². The van der Waals surface area contributed by atoms with Gasteiger partial charge >= 0.3 is 5.97 Å². The number of carboxylic acids is 1. The molecule has 0 fully saturated rings. The second kappa shape index (κ2) is 8.64. The fraction of sp³-hybridized carbons (Fsp3) is 0.200.